The second-order valence-corrected chi connectivity index (χ2v) is 6.12. The van der Waals surface area contributed by atoms with Crippen molar-refractivity contribution in [2.45, 2.75) is 64.3 Å². The summed E-state index contributed by atoms with van der Waals surface area (Å²) >= 11 is 0. The van der Waals surface area contributed by atoms with Crippen molar-refractivity contribution in [2.24, 2.45) is 17.6 Å². The van der Waals surface area contributed by atoms with E-state index in [0.717, 1.165) is 25.3 Å². The molecule has 0 aromatic rings. The van der Waals surface area contributed by atoms with Crippen LogP contribution in [-0.2, 0) is 4.79 Å². The first-order chi connectivity index (χ1) is 8.74. The highest BCUT2D eigenvalue weighted by atomic mass is 16.2. The van der Waals surface area contributed by atoms with E-state index in [9.17, 15) is 4.79 Å². The Labute approximate surface area is 111 Å². The Kier molecular flexibility index (Phi) is 5.04. The van der Waals surface area contributed by atoms with Crippen molar-refractivity contribution in [1.82, 2.24) is 4.90 Å². The first kappa shape index (κ1) is 13.9. The van der Waals surface area contributed by atoms with Crippen molar-refractivity contribution in [1.29, 1.82) is 0 Å². The number of carbonyl (C=O) groups is 1. The average Bonchev–Trinajstić information content (AvgIpc) is 3.03. The fourth-order valence-electron chi connectivity index (χ4n) is 3.73. The van der Waals surface area contributed by atoms with Crippen LogP contribution < -0.4 is 5.73 Å². The first-order valence-electron chi connectivity index (χ1n) is 7.74. The molecule has 104 valence electrons. The summed E-state index contributed by atoms with van der Waals surface area (Å²) in [4.78, 5) is 14.7. The van der Waals surface area contributed by atoms with Crippen molar-refractivity contribution >= 4 is 5.91 Å². The zero-order valence-electron chi connectivity index (χ0n) is 11.7. The molecule has 1 aliphatic heterocycles. The Morgan fingerprint density at radius 1 is 1.28 bits per heavy atom. The molecule has 1 heterocycles. The van der Waals surface area contributed by atoms with E-state index in [0.29, 0.717) is 18.5 Å². The number of likely N-dealkylation sites (tertiary alicyclic amines) is 1. The largest absolute Gasteiger partial charge is 0.339 e. The molecule has 0 aromatic heterocycles. The molecule has 18 heavy (non-hydrogen) atoms. The molecule has 0 bridgehead atoms. The number of nitrogens with zero attached hydrogens (tertiary/aromatic N) is 1. The van der Waals surface area contributed by atoms with E-state index in [1.165, 1.54) is 38.5 Å². The van der Waals surface area contributed by atoms with Crippen LogP contribution in [-0.4, -0.2) is 29.9 Å². The summed E-state index contributed by atoms with van der Waals surface area (Å²) in [7, 11) is 0. The third kappa shape index (κ3) is 3.05. The monoisotopic (exact) mass is 252 g/mol. The number of amides is 1. The Hall–Kier alpha value is -0.570. The first-order valence-corrected chi connectivity index (χ1v) is 7.74. The molecule has 1 saturated heterocycles. The maximum atomic E-state index is 12.5. The molecule has 3 heteroatoms. The van der Waals surface area contributed by atoms with Crippen LogP contribution in [0.3, 0.4) is 0 Å². The summed E-state index contributed by atoms with van der Waals surface area (Å²) in [5, 5.41) is 0. The molecular weight excluding hydrogens is 224 g/mol. The highest BCUT2D eigenvalue weighted by molar-refractivity contribution is 5.79. The normalized spacial score (nSPS) is 26.8. The van der Waals surface area contributed by atoms with Gasteiger partial charge in [-0.2, -0.15) is 0 Å². The number of hydrogen-bond donors (Lipinski definition) is 1. The summed E-state index contributed by atoms with van der Waals surface area (Å²) in [5.41, 5.74) is 5.53. The van der Waals surface area contributed by atoms with E-state index in [2.05, 4.69) is 11.8 Å². The van der Waals surface area contributed by atoms with Gasteiger partial charge in [0, 0.05) is 18.5 Å². The maximum Gasteiger partial charge on any atom is 0.225 e. The van der Waals surface area contributed by atoms with Gasteiger partial charge in [0.15, 0.2) is 0 Å². The number of nitrogens with two attached hydrogens (primary N) is 1. The van der Waals surface area contributed by atoms with Crippen LogP contribution in [0.4, 0.5) is 0 Å². The van der Waals surface area contributed by atoms with Gasteiger partial charge in [-0.3, -0.25) is 4.79 Å². The zero-order valence-corrected chi connectivity index (χ0v) is 11.7. The molecule has 2 rings (SSSR count). The highest BCUT2D eigenvalue weighted by Crippen LogP contribution is 2.36. The molecule has 1 saturated carbocycles. The fraction of sp³-hybridized carbons (Fsp3) is 0.933. The third-order valence-corrected chi connectivity index (χ3v) is 4.79. The standard InChI is InChI=1S/C15H28N2O/c1-12(6-4-10-16)15(18)17-11-5-9-14(17)13-7-2-3-8-13/h12-14H,2-11,16H2,1H3. The lowest BCUT2D eigenvalue weighted by atomic mass is 9.94. The minimum absolute atomic E-state index is 0.163. The van der Waals surface area contributed by atoms with Crippen molar-refractivity contribution in [3.63, 3.8) is 0 Å². The van der Waals surface area contributed by atoms with Gasteiger partial charge in [0.2, 0.25) is 5.91 Å². The summed E-state index contributed by atoms with van der Waals surface area (Å²) in [6.07, 6.45) is 9.77. The second kappa shape index (κ2) is 6.55. The minimum Gasteiger partial charge on any atom is -0.339 e. The predicted molar refractivity (Wildman–Crippen MR) is 74.1 cm³/mol. The molecule has 0 aromatic carbocycles. The molecule has 2 atom stereocenters. The molecule has 2 unspecified atom stereocenters. The Balaban J connectivity index is 1.91. The van der Waals surface area contributed by atoms with Gasteiger partial charge in [-0.05, 0) is 51.0 Å². The summed E-state index contributed by atoms with van der Waals surface area (Å²) < 4.78 is 0. The summed E-state index contributed by atoms with van der Waals surface area (Å²) in [5.74, 6) is 1.34. The summed E-state index contributed by atoms with van der Waals surface area (Å²) in [6.45, 7) is 3.76. The van der Waals surface area contributed by atoms with E-state index in [-0.39, 0.29) is 5.92 Å². The van der Waals surface area contributed by atoms with Gasteiger partial charge in [-0.25, -0.2) is 0 Å². The number of rotatable bonds is 5. The van der Waals surface area contributed by atoms with Crippen molar-refractivity contribution in [3.05, 3.63) is 0 Å². The van der Waals surface area contributed by atoms with Crippen LogP contribution >= 0.6 is 0 Å². The highest BCUT2D eigenvalue weighted by Gasteiger charge is 2.36. The number of hydrogen-bond acceptors (Lipinski definition) is 2. The molecule has 0 radical (unpaired) electrons. The maximum absolute atomic E-state index is 12.5. The van der Waals surface area contributed by atoms with E-state index in [1.54, 1.807) is 0 Å². The van der Waals surface area contributed by atoms with Gasteiger partial charge in [-0.1, -0.05) is 19.8 Å². The van der Waals surface area contributed by atoms with E-state index < -0.39 is 0 Å². The fourth-order valence-corrected chi connectivity index (χ4v) is 3.73. The Morgan fingerprint density at radius 3 is 2.67 bits per heavy atom. The topological polar surface area (TPSA) is 46.3 Å². The molecule has 0 spiro atoms. The smallest absolute Gasteiger partial charge is 0.225 e. The quantitative estimate of drug-likeness (QED) is 0.817. The van der Waals surface area contributed by atoms with E-state index >= 15 is 0 Å². The molecule has 2 fully saturated rings. The van der Waals surface area contributed by atoms with Crippen LogP contribution in [0, 0.1) is 11.8 Å². The third-order valence-electron chi connectivity index (χ3n) is 4.79. The lowest BCUT2D eigenvalue weighted by Gasteiger charge is -2.31. The average molecular weight is 252 g/mol. The van der Waals surface area contributed by atoms with Crippen LogP contribution in [0.2, 0.25) is 0 Å². The predicted octanol–water partition coefficient (Wildman–Crippen LogP) is 2.54. The van der Waals surface area contributed by atoms with Crippen molar-refractivity contribution in [3.8, 4) is 0 Å². The van der Waals surface area contributed by atoms with Crippen molar-refractivity contribution < 1.29 is 4.79 Å². The van der Waals surface area contributed by atoms with Gasteiger partial charge in [0.1, 0.15) is 0 Å². The minimum atomic E-state index is 0.163. The molecular formula is C15H28N2O. The molecule has 1 amide bonds. The molecule has 2 N–H and O–H groups in total. The van der Waals surface area contributed by atoms with Gasteiger partial charge >= 0.3 is 0 Å². The SMILES string of the molecule is CC(CCCN)C(=O)N1CCCC1C1CCCC1. The van der Waals surface area contributed by atoms with Crippen molar-refractivity contribution in [2.75, 3.05) is 13.1 Å². The van der Waals surface area contributed by atoms with Gasteiger partial charge in [0.25, 0.3) is 0 Å². The Morgan fingerprint density at radius 2 is 2.00 bits per heavy atom. The molecule has 3 nitrogen and oxygen atoms in total. The lowest BCUT2D eigenvalue weighted by molar-refractivity contribution is -0.137. The van der Waals surface area contributed by atoms with E-state index in [4.69, 9.17) is 5.73 Å². The zero-order chi connectivity index (χ0) is 13.0. The van der Waals surface area contributed by atoms with Crippen LogP contribution in [0.25, 0.3) is 0 Å². The Bertz CT molecular complexity index is 274. The molecule has 1 aliphatic carbocycles. The number of carbonyl (C=O) groups excluding carboxylic acids is 1. The van der Waals surface area contributed by atoms with Gasteiger partial charge in [-0.15, -0.1) is 0 Å². The van der Waals surface area contributed by atoms with Crippen LogP contribution in [0.1, 0.15) is 58.3 Å². The van der Waals surface area contributed by atoms with Crippen LogP contribution in [0.15, 0.2) is 0 Å². The van der Waals surface area contributed by atoms with Crippen LogP contribution in [0.5, 0.6) is 0 Å². The lowest BCUT2D eigenvalue weighted by Crippen LogP contribution is -2.42. The second-order valence-electron chi connectivity index (χ2n) is 6.12. The van der Waals surface area contributed by atoms with Gasteiger partial charge in [0.05, 0.1) is 0 Å². The van der Waals surface area contributed by atoms with Gasteiger partial charge < -0.3 is 10.6 Å². The summed E-state index contributed by atoms with van der Waals surface area (Å²) in [6, 6.07) is 0.556. The van der Waals surface area contributed by atoms with E-state index in [1.807, 2.05) is 0 Å². The molecule has 2 aliphatic rings.